The maximum Gasteiger partial charge on any atom is 0.141 e. The average Bonchev–Trinajstić information content (AvgIpc) is 2.45. The monoisotopic (exact) mass is 294 g/mol. The van der Waals surface area contributed by atoms with E-state index in [1.807, 2.05) is 0 Å². The first-order valence-corrected chi connectivity index (χ1v) is 7.76. The van der Waals surface area contributed by atoms with Gasteiger partial charge in [-0.25, -0.2) is 9.37 Å². The van der Waals surface area contributed by atoms with E-state index >= 15 is 0 Å². The van der Waals surface area contributed by atoms with Gasteiger partial charge in [-0.1, -0.05) is 6.92 Å². The molecular weight excluding hydrogens is 267 g/mol. The molecule has 1 aliphatic heterocycles. The van der Waals surface area contributed by atoms with Gasteiger partial charge in [0.2, 0.25) is 0 Å². The minimum absolute atomic E-state index is 0.00446. The largest absolute Gasteiger partial charge is 0.354 e. The molecule has 1 aromatic rings. The second kappa shape index (κ2) is 6.71. The standard InChI is InChI=1S/C16H27FN4/c1-5-20-6-8-21(9-7-20)15-13(10-14(17)12-18-15)11-19-16(2,3)4/h10,12,19H,5-9,11H2,1-4H3. The summed E-state index contributed by atoms with van der Waals surface area (Å²) in [7, 11) is 0. The van der Waals surface area contributed by atoms with Gasteiger partial charge >= 0.3 is 0 Å². The fourth-order valence-electron chi connectivity index (χ4n) is 2.53. The van der Waals surface area contributed by atoms with E-state index < -0.39 is 0 Å². The number of pyridine rings is 1. The first kappa shape index (κ1) is 16.2. The van der Waals surface area contributed by atoms with E-state index in [-0.39, 0.29) is 11.4 Å². The fourth-order valence-corrected chi connectivity index (χ4v) is 2.53. The molecule has 0 saturated carbocycles. The fraction of sp³-hybridized carbons (Fsp3) is 0.688. The number of halogens is 1. The third kappa shape index (κ3) is 4.64. The van der Waals surface area contributed by atoms with Crippen molar-refractivity contribution in [2.24, 2.45) is 0 Å². The number of nitrogens with one attached hydrogen (secondary N) is 1. The average molecular weight is 294 g/mol. The van der Waals surface area contributed by atoms with E-state index in [0.29, 0.717) is 6.54 Å². The first-order chi connectivity index (χ1) is 9.89. The van der Waals surface area contributed by atoms with E-state index in [1.165, 1.54) is 6.20 Å². The van der Waals surface area contributed by atoms with E-state index in [1.54, 1.807) is 6.07 Å². The van der Waals surface area contributed by atoms with Crippen LogP contribution in [-0.2, 0) is 6.54 Å². The second-order valence-corrected chi connectivity index (χ2v) is 6.66. The molecule has 1 aliphatic rings. The van der Waals surface area contributed by atoms with E-state index in [2.05, 4.69) is 47.8 Å². The number of hydrogen-bond donors (Lipinski definition) is 1. The van der Waals surface area contributed by atoms with Crippen LogP contribution in [0.3, 0.4) is 0 Å². The van der Waals surface area contributed by atoms with Crippen molar-refractivity contribution in [1.29, 1.82) is 0 Å². The summed E-state index contributed by atoms with van der Waals surface area (Å²) in [6.45, 7) is 14.2. The topological polar surface area (TPSA) is 31.4 Å². The molecule has 2 heterocycles. The molecule has 0 aliphatic carbocycles. The lowest BCUT2D eigenvalue weighted by atomic mass is 10.1. The summed E-state index contributed by atoms with van der Waals surface area (Å²) in [5.41, 5.74) is 0.944. The lowest BCUT2D eigenvalue weighted by Crippen LogP contribution is -2.47. The minimum atomic E-state index is -0.267. The van der Waals surface area contributed by atoms with Gasteiger partial charge < -0.3 is 15.1 Å². The number of anilines is 1. The van der Waals surface area contributed by atoms with E-state index in [4.69, 9.17) is 0 Å². The Bertz CT molecular complexity index is 462. The zero-order valence-corrected chi connectivity index (χ0v) is 13.6. The molecule has 4 nitrogen and oxygen atoms in total. The number of likely N-dealkylation sites (N-methyl/N-ethyl adjacent to an activating group) is 1. The normalized spacial score (nSPS) is 17.3. The van der Waals surface area contributed by atoms with Crippen molar-refractivity contribution in [2.75, 3.05) is 37.6 Å². The Morgan fingerprint density at radius 2 is 1.90 bits per heavy atom. The summed E-state index contributed by atoms with van der Waals surface area (Å²) in [4.78, 5) is 9.04. The van der Waals surface area contributed by atoms with Crippen LogP contribution in [0.15, 0.2) is 12.3 Å². The van der Waals surface area contributed by atoms with Crippen molar-refractivity contribution in [2.45, 2.75) is 39.8 Å². The summed E-state index contributed by atoms with van der Waals surface area (Å²) in [5, 5.41) is 3.42. The van der Waals surface area contributed by atoms with Crippen molar-refractivity contribution in [3.63, 3.8) is 0 Å². The molecule has 0 atom stereocenters. The summed E-state index contributed by atoms with van der Waals surface area (Å²) >= 11 is 0. The molecule has 0 amide bonds. The third-order valence-electron chi connectivity index (χ3n) is 3.84. The Kier molecular flexibility index (Phi) is 5.17. The zero-order chi connectivity index (χ0) is 15.5. The van der Waals surface area contributed by atoms with Crippen molar-refractivity contribution in [3.8, 4) is 0 Å². The van der Waals surface area contributed by atoms with Gasteiger partial charge in [0.25, 0.3) is 0 Å². The molecule has 1 N–H and O–H groups in total. The summed E-state index contributed by atoms with van der Waals surface area (Å²) in [5.74, 6) is 0.653. The van der Waals surface area contributed by atoms with Gasteiger partial charge in [0.15, 0.2) is 0 Å². The Hall–Kier alpha value is -1.20. The van der Waals surface area contributed by atoms with Gasteiger partial charge in [-0.2, -0.15) is 0 Å². The van der Waals surface area contributed by atoms with Crippen molar-refractivity contribution < 1.29 is 4.39 Å². The smallest absolute Gasteiger partial charge is 0.141 e. The number of nitrogens with zero attached hydrogens (tertiary/aromatic N) is 3. The Labute approximate surface area is 127 Å². The Morgan fingerprint density at radius 3 is 2.48 bits per heavy atom. The minimum Gasteiger partial charge on any atom is -0.354 e. The molecule has 118 valence electrons. The van der Waals surface area contributed by atoms with Crippen molar-refractivity contribution >= 4 is 5.82 Å². The highest BCUT2D eigenvalue weighted by Gasteiger charge is 2.20. The molecule has 1 saturated heterocycles. The number of rotatable bonds is 4. The Morgan fingerprint density at radius 1 is 1.24 bits per heavy atom. The summed E-state index contributed by atoms with van der Waals surface area (Å²) in [6.07, 6.45) is 1.32. The van der Waals surface area contributed by atoms with Crippen molar-refractivity contribution in [1.82, 2.24) is 15.2 Å². The second-order valence-electron chi connectivity index (χ2n) is 6.66. The van der Waals surface area contributed by atoms with Crippen LogP contribution in [0.2, 0.25) is 0 Å². The van der Waals surface area contributed by atoms with Gasteiger partial charge in [0.05, 0.1) is 6.20 Å². The summed E-state index contributed by atoms with van der Waals surface area (Å²) in [6, 6.07) is 1.60. The predicted molar refractivity (Wildman–Crippen MR) is 85.1 cm³/mol. The molecule has 0 bridgehead atoms. The van der Waals surface area contributed by atoms with E-state index in [0.717, 1.165) is 44.1 Å². The molecule has 0 radical (unpaired) electrons. The molecule has 0 spiro atoms. The zero-order valence-electron chi connectivity index (χ0n) is 13.6. The molecular formula is C16H27FN4. The van der Waals surface area contributed by atoms with Crippen LogP contribution in [0.4, 0.5) is 10.2 Å². The number of piperazine rings is 1. The molecule has 0 aromatic carbocycles. The molecule has 5 heteroatoms. The Balaban J connectivity index is 2.11. The lowest BCUT2D eigenvalue weighted by molar-refractivity contribution is 0.270. The van der Waals surface area contributed by atoms with Gasteiger partial charge in [0, 0.05) is 43.8 Å². The van der Waals surface area contributed by atoms with Crippen LogP contribution in [0.25, 0.3) is 0 Å². The van der Waals surface area contributed by atoms with Gasteiger partial charge in [0.1, 0.15) is 11.6 Å². The third-order valence-corrected chi connectivity index (χ3v) is 3.84. The quantitative estimate of drug-likeness (QED) is 0.923. The lowest BCUT2D eigenvalue weighted by Gasteiger charge is -2.36. The number of aromatic nitrogens is 1. The molecule has 0 unspecified atom stereocenters. The highest BCUT2D eigenvalue weighted by Crippen LogP contribution is 2.21. The highest BCUT2D eigenvalue weighted by molar-refractivity contribution is 5.47. The van der Waals surface area contributed by atoms with Crippen molar-refractivity contribution in [3.05, 3.63) is 23.6 Å². The number of hydrogen-bond acceptors (Lipinski definition) is 4. The molecule has 21 heavy (non-hydrogen) atoms. The van der Waals surface area contributed by atoms with Gasteiger partial charge in [-0.05, 0) is 33.4 Å². The van der Waals surface area contributed by atoms with Crippen LogP contribution >= 0.6 is 0 Å². The van der Waals surface area contributed by atoms with Crippen LogP contribution < -0.4 is 10.2 Å². The maximum atomic E-state index is 13.5. The highest BCUT2D eigenvalue weighted by atomic mass is 19.1. The molecule has 2 rings (SSSR count). The van der Waals surface area contributed by atoms with Gasteiger partial charge in [-0.3, -0.25) is 0 Å². The maximum absolute atomic E-state index is 13.5. The van der Waals surface area contributed by atoms with Crippen LogP contribution in [0.5, 0.6) is 0 Å². The van der Waals surface area contributed by atoms with Crippen LogP contribution in [0.1, 0.15) is 33.3 Å². The SMILES string of the molecule is CCN1CCN(c2ncc(F)cc2CNC(C)(C)C)CC1. The van der Waals surface area contributed by atoms with Gasteiger partial charge in [-0.15, -0.1) is 0 Å². The molecule has 1 aromatic heterocycles. The predicted octanol–water partition coefficient (Wildman–Crippen LogP) is 2.25. The summed E-state index contributed by atoms with van der Waals surface area (Å²) < 4.78 is 13.5. The van der Waals surface area contributed by atoms with E-state index in [9.17, 15) is 4.39 Å². The molecule has 1 fully saturated rings. The van der Waals surface area contributed by atoms with Crippen LogP contribution in [0, 0.1) is 5.82 Å². The van der Waals surface area contributed by atoms with Crippen LogP contribution in [-0.4, -0.2) is 48.1 Å². The first-order valence-electron chi connectivity index (χ1n) is 7.76.